The van der Waals surface area contributed by atoms with Crippen molar-refractivity contribution in [2.75, 3.05) is 0 Å². The van der Waals surface area contributed by atoms with Crippen molar-refractivity contribution in [2.24, 2.45) is 0 Å². The van der Waals surface area contributed by atoms with E-state index in [4.69, 9.17) is 55.4 Å². The van der Waals surface area contributed by atoms with Gasteiger partial charge in [0.2, 0.25) is 0 Å². The fraction of sp³-hybridized carbons (Fsp3) is 0.429. The van der Waals surface area contributed by atoms with Gasteiger partial charge in [0, 0.05) is 6.04 Å². The number of hydrogen-bond donors (Lipinski definition) is 0. The second-order valence-electron chi connectivity index (χ2n) is 2.67. The Morgan fingerprint density at radius 1 is 0.929 bits per heavy atom. The van der Waals surface area contributed by atoms with Crippen molar-refractivity contribution < 1.29 is 0 Å². The van der Waals surface area contributed by atoms with Crippen LogP contribution in [0.1, 0.15) is 0 Å². The van der Waals surface area contributed by atoms with E-state index in [2.05, 4.69) is 13.2 Å². The zero-order chi connectivity index (χ0) is 11.8. The lowest BCUT2D eigenvalue weighted by Gasteiger charge is -2.02. The standard InChI is InChI=1S/C4H8Cl2Si.C3H5Cl3Si/c1-3-4-7(2,5)6;1-2-3-7(4,5)6/h3H,1,4H2,2H3;2H,1,3H2. The molecular weight excluding hydrogens is 318 g/mol. The van der Waals surface area contributed by atoms with E-state index in [1.54, 1.807) is 12.2 Å². The maximum absolute atomic E-state index is 5.67. The SMILES string of the molecule is C=CC[Si](C)(Cl)Cl.C=CC[Si](Cl)(Cl)Cl. The van der Waals surface area contributed by atoms with E-state index in [1.165, 1.54) is 0 Å². The van der Waals surface area contributed by atoms with Gasteiger partial charge in [0.1, 0.15) is 0 Å². The molecule has 0 rings (SSSR count). The van der Waals surface area contributed by atoms with Crippen molar-refractivity contribution in [1.29, 1.82) is 0 Å². The molecule has 0 atom stereocenters. The molecule has 0 saturated carbocycles. The van der Waals surface area contributed by atoms with Crippen LogP contribution in [0.4, 0.5) is 0 Å². The summed E-state index contributed by atoms with van der Waals surface area (Å²) in [5.74, 6) is 0. The van der Waals surface area contributed by atoms with Crippen molar-refractivity contribution >= 4 is 68.1 Å². The van der Waals surface area contributed by atoms with Crippen LogP contribution >= 0.6 is 55.4 Å². The monoisotopic (exact) mass is 328 g/mol. The number of halogens is 5. The minimum absolute atomic E-state index is 0.539. The van der Waals surface area contributed by atoms with E-state index in [1.807, 2.05) is 6.55 Å². The number of rotatable bonds is 4. The predicted molar refractivity (Wildman–Crippen MR) is 76.6 cm³/mol. The Morgan fingerprint density at radius 2 is 1.29 bits per heavy atom. The molecule has 0 aromatic rings. The quantitative estimate of drug-likeness (QED) is 0.360. The van der Waals surface area contributed by atoms with Crippen LogP contribution in [0.15, 0.2) is 25.3 Å². The summed E-state index contributed by atoms with van der Waals surface area (Å²) in [5.41, 5.74) is 0. The summed E-state index contributed by atoms with van der Waals surface area (Å²) < 4.78 is 0. The molecule has 0 nitrogen and oxygen atoms in total. The Labute approximate surface area is 111 Å². The lowest BCUT2D eigenvalue weighted by molar-refractivity contribution is 1.67. The fourth-order valence-electron chi connectivity index (χ4n) is 0.417. The molecule has 0 saturated heterocycles. The summed E-state index contributed by atoms with van der Waals surface area (Å²) >= 11 is 27.6. The van der Waals surface area contributed by atoms with Gasteiger partial charge in [0.15, 0.2) is 0 Å². The molecule has 0 bridgehead atoms. The molecule has 7 heteroatoms. The lowest BCUT2D eigenvalue weighted by Crippen LogP contribution is -2.09. The van der Waals surface area contributed by atoms with Gasteiger partial charge in [0.25, 0.3) is 6.69 Å². The van der Waals surface area contributed by atoms with Gasteiger partial charge in [-0.2, -0.15) is 0 Å². The highest BCUT2D eigenvalue weighted by Crippen LogP contribution is 2.24. The van der Waals surface area contributed by atoms with Gasteiger partial charge >= 0.3 is 6.00 Å². The first-order valence-corrected chi connectivity index (χ1v) is 13.8. The molecule has 0 fully saturated rings. The van der Waals surface area contributed by atoms with Crippen molar-refractivity contribution in [1.82, 2.24) is 0 Å². The van der Waals surface area contributed by atoms with Crippen LogP contribution in [0.5, 0.6) is 0 Å². The average molecular weight is 331 g/mol. The van der Waals surface area contributed by atoms with Gasteiger partial charge in [-0.15, -0.1) is 68.6 Å². The molecular formula is C7H13Cl5Si2. The second-order valence-corrected chi connectivity index (χ2v) is 20.0. The van der Waals surface area contributed by atoms with Gasteiger partial charge < -0.3 is 0 Å². The average Bonchev–Trinajstić information content (AvgIpc) is 1.81. The molecule has 0 radical (unpaired) electrons. The van der Waals surface area contributed by atoms with E-state index in [0.717, 1.165) is 6.04 Å². The molecule has 0 amide bonds. The summed E-state index contributed by atoms with van der Waals surface area (Å²) in [7, 11) is 0. The normalized spacial score (nSPS) is 11.3. The van der Waals surface area contributed by atoms with E-state index in [-0.39, 0.29) is 0 Å². The minimum atomic E-state index is -2.36. The third-order valence-corrected chi connectivity index (χ3v) is 4.95. The molecule has 0 aliphatic rings. The highest BCUT2D eigenvalue weighted by atomic mass is 35.8. The Hall–Kier alpha value is 1.36. The fourth-order valence-corrected chi connectivity index (χ4v) is 2.89. The predicted octanol–water partition coefficient (Wildman–Crippen LogP) is 5.55. The van der Waals surface area contributed by atoms with Crippen LogP contribution in [0.3, 0.4) is 0 Å². The van der Waals surface area contributed by atoms with Crippen molar-refractivity contribution in [3.63, 3.8) is 0 Å². The Bertz CT molecular complexity index is 150. The molecule has 0 aliphatic heterocycles. The molecule has 0 N–H and O–H groups in total. The van der Waals surface area contributed by atoms with E-state index >= 15 is 0 Å². The van der Waals surface area contributed by atoms with Crippen LogP contribution in [-0.4, -0.2) is 12.7 Å². The third kappa shape index (κ3) is 23.3. The van der Waals surface area contributed by atoms with Crippen molar-refractivity contribution in [3.05, 3.63) is 25.3 Å². The van der Waals surface area contributed by atoms with Crippen molar-refractivity contribution in [2.45, 2.75) is 18.6 Å². The van der Waals surface area contributed by atoms with Crippen LogP contribution in [0, 0.1) is 0 Å². The topological polar surface area (TPSA) is 0 Å². The molecule has 0 unspecified atom stereocenters. The van der Waals surface area contributed by atoms with Gasteiger partial charge in [-0.05, 0) is 12.6 Å². The van der Waals surface area contributed by atoms with E-state index < -0.39 is 12.7 Å². The second kappa shape index (κ2) is 8.51. The van der Waals surface area contributed by atoms with E-state index in [9.17, 15) is 0 Å². The van der Waals surface area contributed by atoms with Crippen LogP contribution < -0.4 is 0 Å². The maximum atomic E-state index is 5.67. The molecule has 0 aromatic heterocycles. The summed E-state index contributed by atoms with van der Waals surface area (Å²) in [6.45, 7) is 6.98. The van der Waals surface area contributed by atoms with Gasteiger partial charge in [-0.25, -0.2) is 0 Å². The van der Waals surface area contributed by atoms with Crippen molar-refractivity contribution in [3.8, 4) is 0 Å². The summed E-state index contributed by atoms with van der Waals surface area (Å²) in [4.78, 5) is 0. The van der Waals surface area contributed by atoms with Gasteiger partial charge in [-0.3, -0.25) is 0 Å². The molecule has 0 aromatic carbocycles. The largest absolute Gasteiger partial charge is 0.344 e. The van der Waals surface area contributed by atoms with Gasteiger partial charge in [-0.1, -0.05) is 12.2 Å². The Morgan fingerprint density at radius 3 is 1.29 bits per heavy atom. The zero-order valence-corrected chi connectivity index (χ0v) is 13.7. The first kappa shape index (κ1) is 17.7. The Kier molecular flexibility index (Phi) is 10.8. The van der Waals surface area contributed by atoms with Crippen LogP contribution in [-0.2, 0) is 0 Å². The lowest BCUT2D eigenvalue weighted by atomic mass is 10.8. The molecule has 0 aliphatic carbocycles. The number of allylic oxidation sites excluding steroid dienone is 2. The highest BCUT2D eigenvalue weighted by Gasteiger charge is 2.21. The molecule has 0 spiro atoms. The third-order valence-electron chi connectivity index (χ3n) is 0.879. The van der Waals surface area contributed by atoms with Gasteiger partial charge in [0.05, 0.1) is 0 Å². The highest BCUT2D eigenvalue weighted by molar-refractivity contribution is 7.64. The first-order valence-electron chi connectivity index (χ1n) is 3.79. The maximum Gasteiger partial charge on any atom is 0.344 e. The summed E-state index contributed by atoms with van der Waals surface area (Å²) in [6, 6.07) is -1.05. The summed E-state index contributed by atoms with van der Waals surface area (Å²) in [6.07, 6.45) is 3.38. The Balaban J connectivity index is 0. The molecule has 14 heavy (non-hydrogen) atoms. The van der Waals surface area contributed by atoms with Crippen LogP contribution in [0.25, 0.3) is 0 Å². The molecule has 0 heterocycles. The van der Waals surface area contributed by atoms with E-state index in [0.29, 0.717) is 6.04 Å². The number of hydrogen-bond acceptors (Lipinski definition) is 0. The van der Waals surface area contributed by atoms with Crippen LogP contribution in [0.2, 0.25) is 18.6 Å². The summed E-state index contributed by atoms with van der Waals surface area (Å²) in [5, 5.41) is 0. The zero-order valence-electron chi connectivity index (χ0n) is 7.87. The molecule has 84 valence electrons. The smallest absolute Gasteiger partial charge is 0.146 e. The first-order chi connectivity index (χ1) is 6.12. The minimum Gasteiger partial charge on any atom is -0.146 e.